The molecule has 0 saturated carbocycles. The van der Waals surface area contributed by atoms with Gasteiger partial charge in [0.1, 0.15) is 11.7 Å². The van der Waals surface area contributed by atoms with E-state index in [1.54, 1.807) is 24.2 Å². The van der Waals surface area contributed by atoms with Gasteiger partial charge >= 0.3 is 0 Å². The van der Waals surface area contributed by atoms with Gasteiger partial charge in [-0.25, -0.2) is 13.8 Å². The molecule has 4 aromatic heterocycles. The number of carbonyl (C=O) groups is 1. The van der Waals surface area contributed by atoms with Crippen molar-refractivity contribution in [3.8, 4) is 22.6 Å². The van der Waals surface area contributed by atoms with E-state index in [0.717, 1.165) is 48.7 Å². The van der Waals surface area contributed by atoms with Crippen LogP contribution in [0.25, 0.3) is 39.6 Å². The number of Topliss-reactive ketones (excluding diaryl/α,β-unsaturated/α-hetero) is 1. The topological polar surface area (TPSA) is 103 Å². The summed E-state index contributed by atoms with van der Waals surface area (Å²) in [6.07, 6.45) is 7.20. The maximum absolute atomic E-state index is 13.7. The number of hydrogen-bond donors (Lipinski definition) is 3. The van der Waals surface area contributed by atoms with Crippen LogP contribution in [0.1, 0.15) is 50.9 Å². The third-order valence-electron chi connectivity index (χ3n) is 7.38. The second-order valence-electron chi connectivity index (χ2n) is 10.3. The highest BCUT2D eigenvalue weighted by Crippen LogP contribution is 2.36. The van der Waals surface area contributed by atoms with Crippen molar-refractivity contribution in [2.45, 2.75) is 31.9 Å². The minimum Gasteiger partial charge on any atom is -0.378 e. The molecule has 8 nitrogen and oxygen atoms in total. The minimum atomic E-state index is -2.62. The van der Waals surface area contributed by atoms with Gasteiger partial charge in [-0.05, 0) is 60.7 Å². The Morgan fingerprint density at radius 3 is 2.88 bits per heavy atom. The maximum Gasteiger partial charge on any atom is 0.261 e. The molecule has 1 aromatic carbocycles. The smallest absolute Gasteiger partial charge is 0.261 e. The molecular formula is C29H25F2N7OS. The number of nitrogens with one attached hydrogen (secondary N) is 3. The standard InChI is InChI=1S/C29H25F2N7OS/c1-16(39)23-4-5-24(40-23)27-26-22(6-8-33-27)34-28(35-26)25-20-11-18(2-3-21(20)36-37-25)19-10-17(12-32-13-19)14-38-9-7-29(30,31)15-38/h2-6,8,10-13,27,33H,7,9,14-15H2,1H3,(H,34,35)(H,36,37). The Morgan fingerprint density at radius 1 is 1.18 bits per heavy atom. The van der Waals surface area contributed by atoms with E-state index in [1.807, 2.05) is 48.7 Å². The number of thiophene rings is 1. The summed E-state index contributed by atoms with van der Waals surface area (Å²) in [7, 11) is 0. The van der Waals surface area contributed by atoms with Crippen LogP contribution in [0.2, 0.25) is 0 Å². The Morgan fingerprint density at radius 2 is 2.08 bits per heavy atom. The molecule has 7 rings (SSSR count). The highest BCUT2D eigenvalue weighted by Gasteiger charge is 2.38. The highest BCUT2D eigenvalue weighted by molar-refractivity contribution is 7.14. The van der Waals surface area contributed by atoms with Gasteiger partial charge in [0.2, 0.25) is 0 Å². The van der Waals surface area contributed by atoms with E-state index in [9.17, 15) is 13.6 Å². The van der Waals surface area contributed by atoms with Crippen LogP contribution in [-0.4, -0.2) is 54.8 Å². The van der Waals surface area contributed by atoms with Crippen molar-refractivity contribution in [1.82, 2.24) is 35.4 Å². The zero-order valence-electron chi connectivity index (χ0n) is 21.5. The molecule has 0 aliphatic carbocycles. The second kappa shape index (κ2) is 9.46. The summed E-state index contributed by atoms with van der Waals surface area (Å²) in [5.41, 5.74) is 6.03. The molecule has 6 heterocycles. The van der Waals surface area contributed by atoms with E-state index in [4.69, 9.17) is 4.98 Å². The van der Waals surface area contributed by atoms with Gasteiger partial charge in [0, 0.05) is 47.7 Å². The summed E-state index contributed by atoms with van der Waals surface area (Å²) in [6, 6.07) is 11.7. The molecule has 1 unspecified atom stereocenters. The first-order chi connectivity index (χ1) is 19.3. The number of pyridine rings is 1. The number of halogens is 2. The predicted octanol–water partition coefficient (Wildman–Crippen LogP) is 5.78. The van der Waals surface area contributed by atoms with Crippen molar-refractivity contribution in [1.29, 1.82) is 0 Å². The first-order valence-electron chi connectivity index (χ1n) is 13.0. The Labute approximate surface area is 232 Å². The molecular weight excluding hydrogens is 532 g/mol. The van der Waals surface area contributed by atoms with Crippen molar-refractivity contribution in [2.24, 2.45) is 0 Å². The van der Waals surface area contributed by atoms with Crippen molar-refractivity contribution < 1.29 is 13.6 Å². The Kier molecular flexibility index (Phi) is 5.86. The predicted molar refractivity (Wildman–Crippen MR) is 150 cm³/mol. The zero-order chi connectivity index (χ0) is 27.4. The number of H-pyrrole nitrogens is 2. The van der Waals surface area contributed by atoms with E-state index < -0.39 is 5.92 Å². The summed E-state index contributed by atoms with van der Waals surface area (Å²) in [5, 5.41) is 11.9. The average Bonchev–Trinajstić information content (AvgIpc) is 3.73. The first-order valence-corrected chi connectivity index (χ1v) is 13.8. The van der Waals surface area contributed by atoms with E-state index in [0.29, 0.717) is 24.6 Å². The van der Waals surface area contributed by atoms with E-state index in [1.165, 1.54) is 11.3 Å². The summed E-state index contributed by atoms with van der Waals surface area (Å²) in [5.74, 6) is -1.94. The number of rotatable bonds is 6. The van der Waals surface area contributed by atoms with Gasteiger partial charge in [0.15, 0.2) is 11.6 Å². The minimum absolute atomic E-state index is 0.0465. The van der Waals surface area contributed by atoms with Crippen LogP contribution >= 0.6 is 11.3 Å². The number of benzene rings is 1. The van der Waals surface area contributed by atoms with Crippen LogP contribution in [0.4, 0.5) is 8.78 Å². The highest BCUT2D eigenvalue weighted by atomic mass is 32.1. The van der Waals surface area contributed by atoms with Gasteiger partial charge in [-0.15, -0.1) is 11.3 Å². The number of likely N-dealkylation sites (tertiary alicyclic amines) is 1. The number of aromatic nitrogens is 5. The maximum atomic E-state index is 13.7. The van der Waals surface area contributed by atoms with Crippen molar-refractivity contribution >= 4 is 34.1 Å². The first kappa shape index (κ1) is 24.8. The van der Waals surface area contributed by atoms with Crippen molar-refractivity contribution in [3.63, 3.8) is 0 Å². The fraction of sp³-hybridized carbons (Fsp3) is 0.241. The Bertz CT molecular complexity index is 1790. The fourth-order valence-electron chi connectivity index (χ4n) is 5.39. The van der Waals surface area contributed by atoms with Gasteiger partial charge in [-0.1, -0.05) is 6.07 Å². The molecule has 5 aromatic rings. The Hall–Kier alpha value is -4.22. The summed E-state index contributed by atoms with van der Waals surface area (Å²) >= 11 is 1.47. The number of carbonyl (C=O) groups excluding carboxylic acids is 1. The lowest BCUT2D eigenvalue weighted by atomic mass is 10.0. The van der Waals surface area contributed by atoms with Gasteiger partial charge in [0.25, 0.3) is 5.92 Å². The van der Waals surface area contributed by atoms with Crippen LogP contribution < -0.4 is 5.32 Å². The number of alkyl halides is 2. The number of nitrogens with zero attached hydrogens (tertiary/aromatic N) is 4. The average molecular weight is 558 g/mol. The zero-order valence-corrected chi connectivity index (χ0v) is 22.4. The molecule has 1 fully saturated rings. The summed E-state index contributed by atoms with van der Waals surface area (Å²) in [4.78, 5) is 28.0. The van der Waals surface area contributed by atoms with Crippen LogP contribution in [-0.2, 0) is 6.54 Å². The second-order valence-corrected chi connectivity index (χ2v) is 11.4. The molecule has 11 heteroatoms. The van der Waals surface area contributed by atoms with Crippen LogP contribution in [0.3, 0.4) is 0 Å². The number of ketones is 1. The number of aromatic amines is 2. The molecule has 3 N–H and O–H groups in total. The van der Waals surface area contributed by atoms with Crippen molar-refractivity contribution in [3.05, 3.63) is 81.7 Å². The molecule has 1 atom stereocenters. The third kappa shape index (κ3) is 4.50. The van der Waals surface area contributed by atoms with Gasteiger partial charge in [0.05, 0.1) is 28.3 Å². The molecule has 0 amide bonds. The largest absolute Gasteiger partial charge is 0.378 e. The summed E-state index contributed by atoms with van der Waals surface area (Å²) in [6.45, 7) is 2.17. The Balaban J connectivity index is 1.20. The van der Waals surface area contributed by atoms with E-state index in [2.05, 4.69) is 25.5 Å². The third-order valence-corrected chi connectivity index (χ3v) is 8.63. The molecule has 2 aliphatic rings. The normalized spacial score (nSPS) is 18.2. The van der Waals surface area contributed by atoms with E-state index >= 15 is 0 Å². The molecule has 0 spiro atoms. The van der Waals surface area contributed by atoms with Crippen LogP contribution in [0.5, 0.6) is 0 Å². The molecule has 40 heavy (non-hydrogen) atoms. The monoisotopic (exact) mass is 557 g/mol. The number of fused-ring (bicyclic) bond motifs is 2. The van der Waals surface area contributed by atoms with Crippen LogP contribution in [0.15, 0.2) is 55.0 Å². The number of imidazole rings is 1. The lowest BCUT2D eigenvalue weighted by molar-refractivity contribution is 0.0115. The van der Waals surface area contributed by atoms with Crippen LogP contribution in [0, 0.1) is 0 Å². The van der Waals surface area contributed by atoms with E-state index in [-0.39, 0.29) is 24.8 Å². The number of hydrogen-bond acceptors (Lipinski definition) is 7. The van der Waals surface area contributed by atoms with Gasteiger partial charge in [-0.3, -0.25) is 19.8 Å². The van der Waals surface area contributed by atoms with Crippen molar-refractivity contribution in [2.75, 3.05) is 13.1 Å². The van der Waals surface area contributed by atoms with Gasteiger partial charge < -0.3 is 10.3 Å². The molecule has 0 radical (unpaired) electrons. The SMILES string of the molecule is CC(=O)c1ccc(C2NC=Cc3nc(-c4n[nH]c5ccc(-c6cncc(CN7CCC(F)(F)C7)c6)cc45)[nH]c32)s1. The molecule has 202 valence electrons. The molecule has 2 aliphatic heterocycles. The fourth-order valence-corrected chi connectivity index (χ4v) is 6.37. The quantitative estimate of drug-likeness (QED) is 0.229. The summed E-state index contributed by atoms with van der Waals surface area (Å²) < 4.78 is 27.3. The van der Waals surface area contributed by atoms with Gasteiger partial charge in [-0.2, -0.15) is 5.10 Å². The molecule has 0 bridgehead atoms. The lowest BCUT2D eigenvalue weighted by Crippen LogP contribution is -2.24. The molecule has 1 saturated heterocycles. The lowest BCUT2D eigenvalue weighted by Gasteiger charge is -2.18.